The molecule has 2 aliphatic rings. The van der Waals surface area contributed by atoms with Gasteiger partial charge < -0.3 is 9.42 Å². The van der Waals surface area contributed by atoms with Gasteiger partial charge in [0.25, 0.3) is 0 Å². The minimum Gasteiger partial charge on any atom is -0.361 e. The predicted molar refractivity (Wildman–Crippen MR) is 91.7 cm³/mol. The molecule has 3 heterocycles. The molecule has 0 radical (unpaired) electrons. The maximum Gasteiger partial charge on any atom is 0.227 e. The van der Waals surface area contributed by atoms with Gasteiger partial charge in [0.15, 0.2) is 0 Å². The fraction of sp³-hybridized carbons (Fsp3) is 0.474. The SMILES string of the molecule is Cc1noc(C)c1CN1CC[C@]2(CC(=O)N(c3cccc(F)c3)C2)C1. The normalized spacial score (nSPS) is 24.0. The summed E-state index contributed by atoms with van der Waals surface area (Å²) < 4.78 is 18.8. The molecule has 1 spiro atoms. The minimum absolute atomic E-state index is 0.0393. The van der Waals surface area contributed by atoms with Crippen LogP contribution in [0.25, 0.3) is 0 Å². The largest absolute Gasteiger partial charge is 0.361 e. The standard InChI is InChI=1S/C19H22FN3O2/c1-13-17(14(2)25-21-13)10-22-7-6-19(11-22)9-18(24)23(12-19)16-5-3-4-15(20)8-16/h3-5,8H,6-7,9-12H2,1-2H3/t19-/m0/s1. The lowest BCUT2D eigenvalue weighted by molar-refractivity contribution is -0.117. The number of hydrogen-bond acceptors (Lipinski definition) is 4. The van der Waals surface area contributed by atoms with Crippen molar-refractivity contribution in [1.29, 1.82) is 0 Å². The molecule has 4 rings (SSSR count). The first kappa shape index (κ1) is 16.3. The first-order valence-corrected chi connectivity index (χ1v) is 8.66. The summed E-state index contributed by atoms with van der Waals surface area (Å²) in [5.41, 5.74) is 2.69. The van der Waals surface area contributed by atoms with Gasteiger partial charge in [0.2, 0.25) is 5.91 Å². The van der Waals surface area contributed by atoms with Gasteiger partial charge in [-0.15, -0.1) is 0 Å². The number of halogens is 1. The fourth-order valence-electron chi connectivity index (χ4n) is 4.16. The van der Waals surface area contributed by atoms with Crippen LogP contribution in [0.5, 0.6) is 0 Å². The maximum absolute atomic E-state index is 13.5. The number of carbonyl (C=O) groups excluding carboxylic acids is 1. The number of carbonyl (C=O) groups is 1. The van der Waals surface area contributed by atoms with Crippen LogP contribution in [0.15, 0.2) is 28.8 Å². The molecule has 0 aliphatic carbocycles. The zero-order valence-electron chi connectivity index (χ0n) is 14.6. The first-order valence-electron chi connectivity index (χ1n) is 8.66. The molecule has 1 aromatic carbocycles. The Morgan fingerprint density at radius 3 is 2.88 bits per heavy atom. The number of benzene rings is 1. The van der Waals surface area contributed by atoms with Gasteiger partial charge in [-0.05, 0) is 45.0 Å². The lowest BCUT2D eigenvalue weighted by Gasteiger charge is -2.24. The van der Waals surface area contributed by atoms with Gasteiger partial charge in [0, 0.05) is 42.7 Å². The number of hydrogen-bond donors (Lipinski definition) is 0. The van der Waals surface area contributed by atoms with Crippen molar-refractivity contribution in [3.63, 3.8) is 0 Å². The zero-order valence-corrected chi connectivity index (χ0v) is 14.6. The maximum atomic E-state index is 13.5. The van der Waals surface area contributed by atoms with E-state index in [1.807, 2.05) is 13.8 Å². The van der Waals surface area contributed by atoms with Gasteiger partial charge in [0.1, 0.15) is 11.6 Å². The van der Waals surface area contributed by atoms with Crippen molar-refractivity contribution in [1.82, 2.24) is 10.1 Å². The first-order chi connectivity index (χ1) is 12.0. The topological polar surface area (TPSA) is 49.6 Å². The molecule has 0 bridgehead atoms. The number of nitrogens with zero attached hydrogens (tertiary/aromatic N) is 3. The molecule has 0 N–H and O–H groups in total. The molecule has 2 saturated heterocycles. The van der Waals surface area contributed by atoms with E-state index >= 15 is 0 Å². The van der Waals surface area contributed by atoms with Gasteiger partial charge in [0.05, 0.1) is 5.69 Å². The van der Waals surface area contributed by atoms with Crippen LogP contribution in [0.4, 0.5) is 10.1 Å². The Bertz CT molecular complexity index is 799. The minimum atomic E-state index is -0.308. The fourth-order valence-corrected chi connectivity index (χ4v) is 4.16. The quantitative estimate of drug-likeness (QED) is 0.859. The van der Waals surface area contributed by atoms with Crippen LogP contribution in [0, 0.1) is 25.1 Å². The van der Waals surface area contributed by atoms with Gasteiger partial charge >= 0.3 is 0 Å². The second-order valence-corrected chi connectivity index (χ2v) is 7.40. The Morgan fingerprint density at radius 1 is 1.32 bits per heavy atom. The van der Waals surface area contributed by atoms with Crippen molar-refractivity contribution in [2.75, 3.05) is 24.5 Å². The van der Waals surface area contributed by atoms with Crippen LogP contribution in [0.3, 0.4) is 0 Å². The molecular weight excluding hydrogens is 321 g/mol. The van der Waals surface area contributed by atoms with Gasteiger partial charge in [-0.25, -0.2) is 4.39 Å². The van der Waals surface area contributed by atoms with Gasteiger partial charge in [-0.3, -0.25) is 9.69 Å². The van der Waals surface area contributed by atoms with Gasteiger partial charge in [-0.2, -0.15) is 0 Å². The van der Waals surface area contributed by atoms with Crippen molar-refractivity contribution in [2.45, 2.75) is 33.2 Å². The van der Waals surface area contributed by atoms with Gasteiger partial charge in [-0.1, -0.05) is 11.2 Å². The van der Waals surface area contributed by atoms with Crippen LogP contribution < -0.4 is 4.90 Å². The molecule has 1 amide bonds. The summed E-state index contributed by atoms with van der Waals surface area (Å²) in [6, 6.07) is 6.30. The van der Waals surface area contributed by atoms with E-state index in [4.69, 9.17) is 4.52 Å². The molecule has 2 aromatic rings. The van der Waals surface area contributed by atoms with Crippen molar-refractivity contribution >= 4 is 11.6 Å². The third kappa shape index (κ3) is 2.95. The molecule has 6 heteroatoms. The van der Waals surface area contributed by atoms with E-state index in [2.05, 4.69) is 10.1 Å². The summed E-state index contributed by atoms with van der Waals surface area (Å²) >= 11 is 0. The highest BCUT2D eigenvalue weighted by atomic mass is 19.1. The summed E-state index contributed by atoms with van der Waals surface area (Å²) in [6.07, 6.45) is 1.51. The lowest BCUT2D eigenvalue weighted by Crippen LogP contribution is -2.31. The number of anilines is 1. The number of aryl methyl sites for hydroxylation is 2. The van der Waals surface area contributed by atoms with E-state index in [0.717, 1.165) is 43.1 Å². The van der Waals surface area contributed by atoms with Crippen LogP contribution in [-0.4, -0.2) is 35.6 Å². The number of rotatable bonds is 3. The van der Waals surface area contributed by atoms with E-state index in [-0.39, 0.29) is 17.1 Å². The summed E-state index contributed by atoms with van der Waals surface area (Å²) in [5.74, 6) is 0.643. The van der Waals surface area contributed by atoms with E-state index in [0.29, 0.717) is 18.7 Å². The van der Waals surface area contributed by atoms with Crippen LogP contribution in [0.1, 0.15) is 29.9 Å². The van der Waals surface area contributed by atoms with E-state index in [9.17, 15) is 9.18 Å². The Balaban J connectivity index is 1.48. The molecular formula is C19H22FN3O2. The molecule has 2 aliphatic heterocycles. The average molecular weight is 343 g/mol. The molecule has 132 valence electrons. The summed E-state index contributed by atoms with van der Waals surface area (Å²) in [6.45, 7) is 7.18. The predicted octanol–water partition coefficient (Wildman–Crippen LogP) is 3.06. The highest BCUT2D eigenvalue weighted by Crippen LogP contribution is 2.42. The van der Waals surface area contributed by atoms with Crippen molar-refractivity contribution in [3.8, 4) is 0 Å². The third-order valence-corrected chi connectivity index (χ3v) is 5.52. The van der Waals surface area contributed by atoms with E-state index in [1.54, 1.807) is 17.0 Å². The molecule has 1 aromatic heterocycles. The van der Waals surface area contributed by atoms with Crippen LogP contribution in [0.2, 0.25) is 0 Å². The molecule has 1 atom stereocenters. The monoisotopic (exact) mass is 343 g/mol. The van der Waals surface area contributed by atoms with Crippen molar-refractivity contribution < 1.29 is 13.7 Å². The Kier molecular flexibility index (Phi) is 3.87. The lowest BCUT2D eigenvalue weighted by atomic mass is 9.86. The molecule has 0 saturated carbocycles. The third-order valence-electron chi connectivity index (χ3n) is 5.52. The highest BCUT2D eigenvalue weighted by Gasteiger charge is 2.47. The molecule has 2 fully saturated rings. The second-order valence-electron chi connectivity index (χ2n) is 7.40. The van der Waals surface area contributed by atoms with Crippen LogP contribution >= 0.6 is 0 Å². The zero-order chi connectivity index (χ0) is 17.6. The van der Waals surface area contributed by atoms with Crippen molar-refractivity contribution in [2.24, 2.45) is 5.41 Å². The summed E-state index contributed by atoms with van der Waals surface area (Å²) in [7, 11) is 0. The second kappa shape index (κ2) is 5.95. The Morgan fingerprint density at radius 2 is 2.16 bits per heavy atom. The van der Waals surface area contributed by atoms with Crippen LogP contribution in [-0.2, 0) is 11.3 Å². The average Bonchev–Trinajstić information content (AvgIpc) is 3.22. The number of likely N-dealkylation sites (tertiary alicyclic amines) is 1. The molecule has 5 nitrogen and oxygen atoms in total. The van der Waals surface area contributed by atoms with Crippen molar-refractivity contribution in [3.05, 3.63) is 47.1 Å². The Labute approximate surface area is 146 Å². The highest BCUT2D eigenvalue weighted by molar-refractivity contribution is 5.96. The smallest absolute Gasteiger partial charge is 0.227 e. The summed E-state index contributed by atoms with van der Waals surface area (Å²) in [4.78, 5) is 16.6. The Hall–Kier alpha value is -2.21. The number of amides is 1. The molecule has 0 unspecified atom stereocenters. The summed E-state index contributed by atoms with van der Waals surface area (Å²) in [5, 5.41) is 4.02. The van der Waals surface area contributed by atoms with E-state index in [1.165, 1.54) is 12.1 Å². The number of aromatic nitrogens is 1. The van der Waals surface area contributed by atoms with E-state index < -0.39 is 0 Å². The molecule has 25 heavy (non-hydrogen) atoms.